The van der Waals surface area contributed by atoms with Gasteiger partial charge in [-0.3, -0.25) is 0 Å². The van der Waals surface area contributed by atoms with Crippen LogP contribution in [0.1, 0.15) is 42.5 Å². The molecule has 4 aromatic rings. The van der Waals surface area contributed by atoms with Gasteiger partial charge >= 0.3 is 0 Å². The molecule has 0 unspecified atom stereocenters. The lowest BCUT2D eigenvalue weighted by Gasteiger charge is -2.31. The van der Waals surface area contributed by atoms with Gasteiger partial charge in [0.25, 0.3) is 0 Å². The summed E-state index contributed by atoms with van der Waals surface area (Å²) in [6.45, 7) is 3.50. The molecule has 1 aliphatic heterocycles. The van der Waals surface area contributed by atoms with Crippen molar-refractivity contribution in [1.29, 1.82) is 0 Å². The van der Waals surface area contributed by atoms with Crippen LogP contribution in [0.2, 0.25) is 0 Å². The predicted molar refractivity (Wildman–Crippen MR) is 139 cm³/mol. The Morgan fingerprint density at radius 1 is 1.00 bits per heavy atom. The highest BCUT2D eigenvalue weighted by molar-refractivity contribution is 5.68. The van der Waals surface area contributed by atoms with Gasteiger partial charge in [0, 0.05) is 47.3 Å². The van der Waals surface area contributed by atoms with E-state index in [1.807, 2.05) is 18.2 Å². The molecule has 0 amide bonds. The van der Waals surface area contributed by atoms with Gasteiger partial charge in [-0.1, -0.05) is 42.5 Å². The van der Waals surface area contributed by atoms with Crippen LogP contribution in [0, 0.1) is 0 Å². The highest BCUT2D eigenvalue weighted by Crippen LogP contribution is 2.31. The molecule has 1 saturated heterocycles. The first-order chi connectivity index (χ1) is 17.3. The molecule has 2 N–H and O–H groups in total. The number of hydrogen-bond acceptors (Lipinski definition) is 4. The van der Waals surface area contributed by atoms with E-state index < -0.39 is 0 Å². The average molecular weight is 469 g/mol. The number of aryl methyl sites for hydroxylation is 1. The number of benzene rings is 2. The van der Waals surface area contributed by atoms with Gasteiger partial charge in [0.2, 0.25) is 0 Å². The summed E-state index contributed by atoms with van der Waals surface area (Å²) >= 11 is 0. The van der Waals surface area contributed by atoms with Crippen molar-refractivity contribution in [3.05, 3.63) is 77.5 Å². The van der Waals surface area contributed by atoms with E-state index in [1.54, 1.807) is 12.0 Å². The largest absolute Gasteiger partial charge is 0.497 e. The summed E-state index contributed by atoms with van der Waals surface area (Å²) in [5, 5.41) is 8.98. The summed E-state index contributed by atoms with van der Waals surface area (Å²) < 4.78 is 7.50. The standard InChI is InChI=1S/C29H33N5O/c1-35-24-11-7-10-22(18-24)27-19-28-31-26-13-6-5-12-25(26)29(34(28)32-27)30-23-14-16-33(17-15-23)20-21-8-3-2-4-9-21/h2-4,7-11,18-19,23,30H,5-6,12-17,20H2,1H3/p+1. The average Bonchev–Trinajstić information content (AvgIpc) is 3.34. The van der Waals surface area contributed by atoms with E-state index in [2.05, 4.69) is 52.3 Å². The second-order valence-electron chi connectivity index (χ2n) is 9.96. The van der Waals surface area contributed by atoms with Crippen LogP contribution in [0.5, 0.6) is 5.75 Å². The number of quaternary nitrogens is 1. The van der Waals surface area contributed by atoms with Crippen molar-refractivity contribution in [2.24, 2.45) is 0 Å². The Bertz CT molecular complexity index is 1310. The molecule has 180 valence electrons. The second-order valence-corrected chi connectivity index (χ2v) is 9.96. The Balaban J connectivity index is 1.26. The molecule has 2 aromatic heterocycles. The molecule has 0 atom stereocenters. The fourth-order valence-corrected chi connectivity index (χ4v) is 5.65. The Morgan fingerprint density at radius 3 is 2.66 bits per heavy atom. The summed E-state index contributed by atoms with van der Waals surface area (Å²) in [5.41, 5.74) is 6.96. The van der Waals surface area contributed by atoms with Gasteiger partial charge in [0.1, 0.15) is 18.1 Å². The third-order valence-electron chi connectivity index (χ3n) is 7.57. The third kappa shape index (κ3) is 4.63. The van der Waals surface area contributed by atoms with E-state index in [0.29, 0.717) is 6.04 Å². The highest BCUT2D eigenvalue weighted by Gasteiger charge is 2.26. The maximum absolute atomic E-state index is 5.44. The first-order valence-electron chi connectivity index (χ1n) is 13.0. The minimum absolute atomic E-state index is 0.468. The van der Waals surface area contributed by atoms with E-state index in [1.165, 1.54) is 55.6 Å². The van der Waals surface area contributed by atoms with Gasteiger partial charge in [0.15, 0.2) is 5.65 Å². The molecular weight excluding hydrogens is 434 g/mol. The highest BCUT2D eigenvalue weighted by atomic mass is 16.5. The SMILES string of the molecule is COc1cccc(-c2cc3nc4c(c(NC5CC[NH+](Cc6ccccc6)CC5)n3n2)CCCC4)c1. The molecule has 2 aliphatic rings. The Kier molecular flexibility index (Phi) is 6.13. The first kappa shape index (κ1) is 22.1. The van der Waals surface area contributed by atoms with Crippen molar-refractivity contribution in [2.75, 3.05) is 25.5 Å². The summed E-state index contributed by atoms with van der Waals surface area (Å²) in [5.74, 6) is 2.00. The molecule has 6 rings (SSSR count). The number of aromatic nitrogens is 3. The zero-order valence-corrected chi connectivity index (χ0v) is 20.5. The van der Waals surface area contributed by atoms with Crippen molar-refractivity contribution in [2.45, 2.75) is 51.1 Å². The lowest BCUT2D eigenvalue weighted by atomic mass is 9.95. The summed E-state index contributed by atoms with van der Waals surface area (Å²) in [7, 11) is 1.70. The number of rotatable bonds is 6. The van der Waals surface area contributed by atoms with E-state index in [-0.39, 0.29) is 0 Å². The van der Waals surface area contributed by atoms with Crippen LogP contribution >= 0.6 is 0 Å². The molecule has 6 heteroatoms. The monoisotopic (exact) mass is 468 g/mol. The molecule has 3 heterocycles. The molecule has 0 radical (unpaired) electrons. The van der Waals surface area contributed by atoms with Gasteiger partial charge in [-0.15, -0.1) is 0 Å². The molecule has 35 heavy (non-hydrogen) atoms. The van der Waals surface area contributed by atoms with Crippen LogP contribution in [-0.4, -0.2) is 40.8 Å². The molecule has 1 fully saturated rings. The summed E-state index contributed by atoms with van der Waals surface area (Å²) in [6.07, 6.45) is 6.91. The van der Waals surface area contributed by atoms with Crippen molar-refractivity contribution in [3.63, 3.8) is 0 Å². The van der Waals surface area contributed by atoms with Crippen molar-refractivity contribution >= 4 is 11.5 Å². The van der Waals surface area contributed by atoms with Crippen LogP contribution in [0.25, 0.3) is 16.9 Å². The van der Waals surface area contributed by atoms with Gasteiger partial charge in [-0.25, -0.2) is 4.98 Å². The van der Waals surface area contributed by atoms with E-state index in [9.17, 15) is 0 Å². The number of methoxy groups -OCH3 is 1. The zero-order chi connectivity index (χ0) is 23.6. The number of anilines is 1. The maximum atomic E-state index is 5.44. The van der Waals surface area contributed by atoms with E-state index in [4.69, 9.17) is 14.8 Å². The van der Waals surface area contributed by atoms with Gasteiger partial charge in [-0.2, -0.15) is 9.61 Å². The minimum Gasteiger partial charge on any atom is -0.497 e. The number of hydrogen-bond donors (Lipinski definition) is 2. The maximum Gasteiger partial charge on any atom is 0.158 e. The molecule has 2 aromatic carbocycles. The Labute approximate surface area is 206 Å². The van der Waals surface area contributed by atoms with Crippen LogP contribution in [-0.2, 0) is 19.4 Å². The van der Waals surface area contributed by atoms with Gasteiger partial charge < -0.3 is 15.0 Å². The van der Waals surface area contributed by atoms with Crippen LogP contribution in [0.4, 0.5) is 5.82 Å². The molecular formula is C29H34N5O+. The molecule has 6 nitrogen and oxygen atoms in total. The number of ether oxygens (including phenoxy) is 1. The number of fused-ring (bicyclic) bond motifs is 2. The summed E-state index contributed by atoms with van der Waals surface area (Å²) in [6, 6.07) is 21.6. The smallest absolute Gasteiger partial charge is 0.158 e. The lowest BCUT2D eigenvalue weighted by Crippen LogP contribution is -3.12. The summed E-state index contributed by atoms with van der Waals surface area (Å²) in [4.78, 5) is 6.72. The molecule has 0 bridgehead atoms. The normalized spacial score (nSPS) is 19.9. The Morgan fingerprint density at radius 2 is 1.83 bits per heavy atom. The molecule has 1 aliphatic carbocycles. The number of nitrogens with one attached hydrogen (secondary N) is 2. The Hall–Kier alpha value is -3.38. The molecule has 0 spiro atoms. The second kappa shape index (κ2) is 9.70. The van der Waals surface area contributed by atoms with Crippen molar-refractivity contribution in [3.8, 4) is 17.0 Å². The van der Waals surface area contributed by atoms with Crippen molar-refractivity contribution < 1.29 is 9.64 Å². The third-order valence-corrected chi connectivity index (χ3v) is 7.57. The number of piperidine rings is 1. The van der Waals surface area contributed by atoms with Crippen LogP contribution < -0.4 is 15.0 Å². The topological polar surface area (TPSA) is 55.9 Å². The zero-order valence-electron chi connectivity index (χ0n) is 20.5. The van der Waals surface area contributed by atoms with E-state index >= 15 is 0 Å². The quantitative estimate of drug-likeness (QED) is 0.450. The molecule has 0 saturated carbocycles. The first-order valence-corrected chi connectivity index (χ1v) is 13.0. The number of likely N-dealkylation sites (tertiary alicyclic amines) is 1. The fraction of sp³-hybridized carbons (Fsp3) is 0.379. The minimum atomic E-state index is 0.468. The van der Waals surface area contributed by atoms with E-state index in [0.717, 1.165) is 47.9 Å². The van der Waals surface area contributed by atoms with Crippen LogP contribution in [0.15, 0.2) is 60.7 Å². The number of nitrogens with zero attached hydrogens (tertiary/aromatic N) is 3. The lowest BCUT2D eigenvalue weighted by molar-refractivity contribution is -0.918. The van der Waals surface area contributed by atoms with Crippen LogP contribution in [0.3, 0.4) is 0 Å². The fourth-order valence-electron chi connectivity index (χ4n) is 5.65. The van der Waals surface area contributed by atoms with Gasteiger partial charge in [0.05, 0.1) is 25.9 Å². The van der Waals surface area contributed by atoms with Gasteiger partial charge in [-0.05, 0) is 37.8 Å². The van der Waals surface area contributed by atoms with Crippen molar-refractivity contribution in [1.82, 2.24) is 14.6 Å². The predicted octanol–water partition coefficient (Wildman–Crippen LogP) is 3.94.